The Balaban J connectivity index is 2.58. The molecule has 0 radical (unpaired) electrons. The number of benzene rings is 2. The van der Waals surface area contributed by atoms with E-state index < -0.39 is 0 Å². The highest BCUT2D eigenvalue weighted by molar-refractivity contribution is 7.80. The summed E-state index contributed by atoms with van der Waals surface area (Å²) in [6.45, 7) is 7.53. The molecule has 21 heavy (non-hydrogen) atoms. The average Bonchev–Trinajstić information content (AvgIpc) is 2.47. The van der Waals surface area contributed by atoms with Crippen molar-refractivity contribution in [3.8, 4) is 11.1 Å². The van der Waals surface area contributed by atoms with Crippen molar-refractivity contribution in [1.82, 2.24) is 5.32 Å². The monoisotopic (exact) mass is 299 g/mol. The molecule has 1 nitrogen and oxygen atoms in total. The van der Waals surface area contributed by atoms with Crippen LogP contribution in [-0.4, -0.2) is 7.05 Å². The molecule has 1 N–H and O–H groups in total. The van der Waals surface area contributed by atoms with E-state index >= 15 is 0 Å². The van der Waals surface area contributed by atoms with Gasteiger partial charge in [-0.15, -0.1) is 0 Å². The SMILES string of the molecule is CNCc1ccc(-c2ccccc2C(C)C)c(C(C)S)c1. The first-order valence-corrected chi connectivity index (χ1v) is 8.11. The molecule has 0 bridgehead atoms. The van der Waals surface area contributed by atoms with Gasteiger partial charge >= 0.3 is 0 Å². The lowest BCUT2D eigenvalue weighted by molar-refractivity contribution is 0.815. The second-order valence-electron chi connectivity index (χ2n) is 5.87. The first-order valence-electron chi connectivity index (χ1n) is 7.59. The van der Waals surface area contributed by atoms with Gasteiger partial charge in [0, 0.05) is 11.8 Å². The highest BCUT2D eigenvalue weighted by Crippen LogP contribution is 2.36. The molecular formula is C19H25NS. The van der Waals surface area contributed by atoms with Gasteiger partial charge in [-0.05, 0) is 47.7 Å². The van der Waals surface area contributed by atoms with Crippen molar-refractivity contribution in [2.45, 2.75) is 38.5 Å². The van der Waals surface area contributed by atoms with Crippen LogP contribution in [0.1, 0.15) is 48.6 Å². The maximum atomic E-state index is 4.69. The molecule has 0 aliphatic heterocycles. The Morgan fingerprint density at radius 2 is 1.62 bits per heavy atom. The number of hydrogen-bond acceptors (Lipinski definition) is 2. The first-order chi connectivity index (χ1) is 10.0. The molecule has 1 unspecified atom stereocenters. The Kier molecular flexibility index (Phi) is 5.49. The standard InChI is InChI=1S/C19H25NS/c1-13(2)16-7-5-6-8-17(16)18-10-9-15(12-20-4)11-19(18)14(3)21/h5-11,13-14,20-21H,12H2,1-4H3. The van der Waals surface area contributed by atoms with E-state index in [1.807, 2.05) is 7.05 Å². The van der Waals surface area contributed by atoms with Crippen LogP contribution in [-0.2, 0) is 6.54 Å². The van der Waals surface area contributed by atoms with Crippen LogP contribution in [0, 0.1) is 0 Å². The number of rotatable bonds is 5. The molecule has 0 spiro atoms. The van der Waals surface area contributed by atoms with E-state index in [-0.39, 0.29) is 5.25 Å². The zero-order valence-electron chi connectivity index (χ0n) is 13.4. The summed E-state index contributed by atoms with van der Waals surface area (Å²) >= 11 is 4.69. The smallest absolute Gasteiger partial charge is 0.0245 e. The van der Waals surface area contributed by atoms with Crippen molar-refractivity contribution in [3.63, 3.8) is 0 Å². The minimum Gasteiger partial charge on any atom is -0.316 e. The van der Waals surface area contributed by atoms with Gasteiger partial charge in [-0.2, -0.15) is 12.6 Å². The van der Waals surface area contributed by atoms with Gasteiger partial charge in [-0.25, -0.2) is 0 Å². The van der Waals surface area contributed by atoms with Gasteiger partial charge in [0.1, 0.15) is 0 Å². The Morgan fingerprint density at radius 1 is 0.952 bits per heavy atom. The summed E-state index contributed by atoms with van der Waals surface area (Å²) in [6.07, 6.45) is 0. The van der Waals surface area contributed by atoms with Crippen molar-refractivity contribution in [2.75, 3.05) is 7.05 Å². The summed E-state index contributed by atoms with van der Waals surface area (Å²) in [4.78, 5) is 0. The molecule has 0 amide bonds. The molecule has 112 valence electrons. The molecule has 0 saturated heterocycles. The van der Waals surface area contributed by atoms with Crippen molar-refractivity contribution in [3.05, 3.63) is 59.2 Å². The van der Waals surface area contributed by atoms with E-state index in [9.17, 15) is 0 Å². The predicted octanol–water partition coefficient (Wildman–Crippen LogP) is 5.19. The van der Waals surface area contributed by atoms with Crippen LogP contribution in [0.2, 0.25) is 0 Å². The van der Waals surface area contributed by atoms with Gasteiger partial charge in [0.15, 0.2) is 0 Å². The fourth-order valence-corrected chi connectivity index (χ4v) is 2.98. The Morgan fingerprint density at radius 3 is 2.24 bits per heavy atom. The normalized spacial score (nSPS) is 12.7. The van der Waals surface area contributed by atoms with Crippen LogP contribution in [0.3, 0.4) is 0 Å². The maximum Gasteiger partial charge on any atom is 0.0245 e. The van der Waals surface area contributed by atoms with Crippen LogP contribution in [0.15, 0.2) is 42.5 Å². The van der Waals surface area contributed by atoms with Crippen LogP contribution >= 0.6 is 12.6 Å². The molecule has 0 heterocycles. The third-order valence-corrected chi connectivity index (χ3v) is 4.10. The van der Waals surface area contributed by atoms with E-state index in [0.29, 0.717) is 5.92 Å². The molecule has 2 aromatic carbocycles. The van der Waals surface area contributed by atoms with Gasteiger partial charge < -0.3 is 5.32 Å². The van der Waals surface area contributed by atoms with Crippen molar-refractivity contribution in [2.24, 2.45) is 0 Å². The number of thiol groups is 1. The fourth-order valence-electron chi connectivity index (χ4n) is 2.76. The van der Waals surface area contributed by atoms with Crippen LogP contribution in [0.25, 0.3) is 11.1 Å². The van der Waals surface area contributed by atoms with E-state index in [1.165, 1.54) is 27.8 Å². The molecule has 0 aliphatic rings. The van der Waals surface area contributed by atoms with Crippen molar-refractivity contribution in [1.29, 1.82) is 0 Å². The van der Waals surface area contributed by atoms with Crippen molar-refractivity contribution < 1.29 is 0 Å². The zero-order valence-corrected chi connectivity index (χ0v) is 14.2. The lowest BCUT2D eigenvalue weighted by Crippen LogP contribution is -2.06. The highest BCUT2D eigenvalue weighted by atomic mass is 32.1. The van der Waals surface area contributed by atoms with Gasteiger partial charge in [-0.1, -0.05) is 56.3 Å². The second kappa shape index (κ2) is 7.15. The lowest BCUT2D eigenvalue weighted by Gasteiger charge is -2.19. The van der Waals surface area contributed by atoms with Gasteiger partial charge in [-0.3, -0.25) is 0 Å². The van der Waals surface area contributed by atoms with E-state index in [2.05, 4.69) is 81.2 Å². The van der Waals surface area contributed by atoms with E-state index in [0.717, 1.165) is 6.54 Å². The summed E-state index contributed by atoms with van der Waals surface area (Å²) < 4.78 is 0. The third kappa shape index (κ3) is 3.69. The largest absolute Gasteiger partial charge is 0.316 e. The summed E-state index contributed by atoms with van der Waals surface area (Å²) in [5.74, 6) is 0.515. The number of nitrogens with one attached hydrogen (secondary N) is 1. The lowest BCUT2D eigenvalue weighted by atomic mass is 9.88. The van der Waals surface area contributed by atoms with Gasteiger partial charge in [0.25, 0.3) is 0 Å². The quantitative estimate of drug-likeness (QED) is 0.724. The van der Waals surface area contributed by atoms with Crippen LogP contribution in [0.5, 0.6) is 0 Å². The predicted molar refractivity (Wildman–Crippen MR) is 96.1 cm³/mol. The van der Waals surface area contributed by atoms with Gasteiger partial charge in [0.2, 0.25) is 0 Å². The molecule has 0 aliphatic carbocycles. The van der Waals surface area contributed by atoms with Crippen LogP contribution < -0.4 is 5.32 Å². The summed E-state index contributed by atoms with van der Waals surface area (Å²) in [7, 11) is 1.98. The molecular weight excluding hydrogens is 274 g/mol. The van der Waals surface area contributed by atoms with E-state index in [1.54, 1.807) is 0 Å². The average molecular weight is 299 g/mol. The van der Waals surface area contributed by atoms with Crippen LogP contribution in [0.4, 0.5) is 0 Å². The molecule has 2 aromatic rings. The maximum absolute atomic E-state index is 4.69. The minimum absolute atomic E-state index is 0.219. The Labute approximate surface area is 134 Å². The first kappa shape index (κ1) is 16.1. The topological polar surface area (TPSA) is 12.0 Å². The third-order valence-electron chi connectivity index (χ3n) is 3.82. The minimum atomic E-state index is 0.219. The summed E-state index contributed by atoms with van der Waals surface area (Å²) in [5.41, 5.74) is 6.65. The second-order valence-corrected chi connectivity index (χ2v) is 6.64. The van der Waals surface area contributed by atoms with Gasteiger partial charge in [0.05, 0.1) is 0 Å². The molecule has 0 fully saturated rings. The van der Waals surface area contributed by atoms with E-state index in [4.69, 9.17) is 0 Å². The molecule has 0 aromatic heterocycles. The number of hydrogen-bond donors (Lipinski definition) is 2. The molecule has 1 atom stereocenters. The van der Waals surface area contributed by atoms with Crippen molar-refractivity contribution >= 4 is 12.6 Å². The summed E-state index contributed by atoms with van der Waals surface area (Å²) in [6, 6.07) is 15.4. The zero-order chi connectivity index (χ0) is 15.4. The fraction of sp³-hybridized carbons (Fsp3) is 0.368. The Hall–Kier alpha value is -1.25. The molecule has 2 rings (SSSR count). The highest BCUT2D eigenvalue weighted by Gasteiger charge is 2.14. The summed E-state index contributed by atoms with van der Waals surface area (Å²) in [5, 5.41) is 3.43. The molecule has 2 heteroatoms. The Bertz CT molecular complexity index is 602. The molecule has 0 saturated carbocycles.